The van der Waals surface area contributed by atoms with Gasteiger partial charge in [-0.05, 0) is 56.5 Å². The zero-order valence-corrected chi connectivity index (χ0v) is 19.3. The molecular formula is C24H27FN4O3S. The fraction of sp³-hybridized carbons (Fsp3) is 0.333. The molecule has 7 nitrogen and oxygen atoms in total. The third-order valence-corrected chi connectivity index (χ3v) is 6.87. The maximum absolute atomic E-state index is 14.8. The normalized spacial score (nSPS) is 14.8. The van der Waals surface area contributed by atoms with Gasteiger partial charge < -0.3 is 26.6 Å². The van der Waals surface area contributed by atoms with E-state index in [0.29, 0.717) is 33.4 Å². The minimum absolute atomic E-state index is 0.0955. The van der Waals surface area contributed by atoms with Crippen molar-refractivity contribution in [2.24, 2.45) is 5.73 Å². The van der Waals surface area contributed by atoms with Crippen molar-refractivity contribution < 1.29 is 19.4 Å². The molecular weight excluding hydrogens is 443 g/mol. The first-order valence-corrected chi connectivity index (χ1v) is 11.5. The molecule has 0 bridgehead atoms. The number of aromatic nitrogens is 1. The smallest absolute Gasteiger partial charge is 0.251 e. The topological polar surface area (TPSA) is 120 Å². The summed E-state index contributed by atoms with van der Waals surface area (Å²) in [5.41, 5.74) is 6.00. The first-order chi connectivity index (χ1) is 15.6. The number of carbonyl (C=O) groups is 1. The minimum Gasteiger partial charge on any atom is -0.394 e. The number of nitrogens with one attached hydrogen (secondary N) is 2. The summed E-state index contributed by atoms with van der Waals surface area (Å²) in [5.74, 6) is -0.607. The Morgan fingerprint density at radius 1 is 1.27 bits per heavy atom. The van der Waals surface area contributed by atoms with Crippen molar-refractivity contribution in [3.05, 3.63) is 65.1 Å². The summed E-state index contributed by atoms with van der Waals surface area (Å²) in [5, 5.41) is 26.5. The van der Waals surface area contributed by atoms with Gasteiger partial charge in [0.05, 0.1) is 23.5 Å². The third-order valence-electron chi connectivity index (χ3n) is 5.79. The minimum atomic E-state index is -1.16. The Bertz CT molecular complexity index is 1180. The van der Waals surface area contributed by atoms with Crippen molar-refractivity contribution >= 4 is 28.1 Å². The highest BCUT2D eigenvalue weighted by atomic mass is 32.1. The molecule has 3 aromatic rings. The second-order valence-corrected chi connectivity index (χ2v) is 9.95. The van der Waals surface area contributed by atoms with Gasteiger partial charge in [-0.3, -0.25) is 4.79 Å². The second kappa shape index (κ2) is 8.83. The van der Waals surface area contributed by atoms with Crippen LogP contribution in [-0.2, 0) is 12.1 Å². The van der Waals surface area contributed by atoms with E-state index in [1.165, 1.54) is 17.4 Å². The largest absolute Gasteiger partial charge is 0.394 e. The van der Waals surface area contributed by atoms with Gasteiger partial charge in [0.1, 0.15) is 16.6 Å². The highest BCUT2D eigenvalue weighted by molar-refractivity contribution is 7.19. The molecule has 1 aliphatic rings. The van der Waals surface area contributed by atoms with Crippen molar-refractivity contribution in [2.75, 3.05) is 11.9 Å². The van der Waals surface area contributed by atoms with Crippen LogP contribution in [0, 0.1) is 5.82 Å². The maximum atomic E-state index is 14.8. The number of thiophene rings is 1. The highest BCUT2D eigenvalue weighted by Crippen LogP contribution is 2.39. The van der Waals surface area contributed by atoms with Crippen molar-refractivity contribution in [3.8, 4) is 10.4 Å². The molecule has 4 rings (SSSR count). The number of nitrogens with zero attached hydrogens (tertiary/aromatic N) is 1. The molecule has 9 heteroatoms. The molecule has 2 aromatic heterocycles. The van der Waals surface area contributed by atoms with E-state index < -0.39 is 17.3 Å². The molecule has 33 heavy (non-hydrogen) atoms. The number of hydrogen-bond acceptors (Lipinski definition) is 7. The molecule has 0 aliphatic heterocycles. The molecule has 6 N–H and O–H groups in total. The van der Waals surface area contributed by atoms with Crippen LogP contribution < -0.4 is 16.4 Å². The Kier molecular flexibility index (Phi) is 6.24. The van der Waals surface area contributed by atoms with E-state index in [0.717, 1.165) is 18.5 Å². The van der Waals surface area contributed by atoms with Crippen LogP contribution in [0.1, 0.15) is 48.3 Å². The van der Waals surface area contributed by atoms with Gasteiger partial charge in [-0.25, -0.2) is 9.37 Å². The number of halogens is 1. The zero-order valence-electron chi connectivity index (χ0n) is 18.5. The average molecular weight is 471 g/mol. The molecule has 1 saturated carbocycles. The fourth-order valence-corrected chi connectivity index (χ4v) is 4.58. The van der Waals surface area contributed by atoms with Crippen molar-refractivity contribution in [1.29, 1.82) is 0 Å². The fourth-order valence-electron chi connectivity index (χ4n) is 3.48. The second-order valence-electron chi connectivity index (χ2n) is 8.90. The van der Waals surface area contributed by atoms with E-state index >= 15 is 0 Å². The average Bonchev–Trinajstić information content (AvgIpc) is 3.43. The molecule has 0 atom stereocenters. The van der Waals surface area contributed by atoms with Gasteiger partial charge in [0.2, 0.25) is 0 Å². The number of benzene rings is 1. The Labute approximate surface area is 195 Å². The van der Waals surface area contributed by atoms with Crippen LogP contribution in [-0.4, -0.2) is 33.3 Å². The summed E-state index contributed by atoms with van der Waals surface area (Å²) in [6, 6.07) is 11.6. The molecule has 2 heterocycles. The van der Waals surface area contributed by atoms with Crippen LogP contribution in [0.15, 0.2) is 42.5 Å². The Morgan fingerprint density at radius 2 is 2.03 bits per heavy atom. The predicted octanol–water partition coefficient (Wildman–Crippen LogP) is 3.63. The highest BCUT2D eigenvalue weighted by Gasteiger charge is 2.41. The number of rotatable bonds is 9. The molecule has 0 unspecified atom stereocenters. The number of aliphatic hydroxyl groups excluding tert-OH is 1. The lowest BCUT2D eigenvalue weighted by Gasteiger charge is -2.18. The molecule has 1 fully saturated rings. The number of carbonyl (C=O) groups excluding carboxylic acids is 1. The van der Waals surface area contributed by atoms with E-state index in [4.69, 9.17) is 5.73 Å². The van der Waals surface area contributed by atoms with Crippen LogP contribution in [0.5, 0.6) is 0 Å². The molecule has 1 aliphatic carbocycles. The summed E-state index contributed by atoms with van der Waals surface area (Å²) in [6.45, 7) is 3.78. The van der Waals surface area contributed by atoms with Gasteiger partial charge in [-0.15, -0.1) is 11.3 Å². The number of primary amides is 1. The lowest BCUT2D eigenvalue weighted by molar-refractivity contribution is 0.0782. The number of amides is 1. The van der Waals surface area contributed by atoms with Gasteiger partial charge in [-0.1, -0.05) is 18.2 Å². The number of pyridine rings is 1. The van der Waals surface area contributed by atoms with Gasteiger partial charge in [-0.2, -0.15) is 0 Å². The summed E-state index contributed by atoms with van der Waals surface area (Å²) in [4.78, 5) is 17.2. The van der Waals surface area contributed by atoms with Crippen molar-refractivity contribution in [1.82, 2.24) is 10.3 Å². The van der Waals surface area contributed by atoms with Crippen LogP contribution in [0.3, 0.4) is 0 Å². The molecule has 0 radical (unpaired) electrons. The number of anilines is 2. The van der Waals surface area contributed by atoms with E-state index in [1.807, 2.05) is 12.1 Å². The van der Waals surface area contributed by atoms with Gasteiger partial charge in [0, 0.05) is 22.5 Å². The number of hydrogen-bond donors (Lipinski definition) is 5. The van der Waals surface area contributed by atoms with E-state index in [1.54, 1.807) is 38.1 Å². The van der Waals surface area contributed by atoms with E-state index in [-0.39, 0.29) is 17.7 Å². The summed E-state index contributed by atoms with van der Waals surface area (Å²) in [7, 11) is 0. The SMILES string of the molecule is CC(C)(O)c1ccc(-c2cc(C(N)=O)c(Nc3cccc(CNC4(CO)CC4)n3)s2)c(F)c1. The predicted molar refractivity (Wildman–Crippen MR) is 127 cm³/mol. The number of aliphatic hydroxyl groups is 2. The van der Waals surface area contributed by atoms with Gasteiger partial charge >= 0.3 is 0 Å². The first-order valence-electron chi connectivity index (χ1n) is 10.7. The first kappa shape index (κ1) is 23.3. The van der Waals surface area contributed by atoms with Crippen LogP contribution >= 0.6 is 11.3 Å². The summed E-state index contributed by atoms with van der Waals surface area (Å²) in [6.07, 6.45) is 1.88. The van der Waals surface area contributed by atoms with Crippen molar-refractivity contribution in [3.63, 3.8) is 0 Å². The van der Waals surface area contributed by atoms with Crippen LogP contribution in [0.25, 0.3) is 10.4 Å². The monoisotopic (exact) mass is 470 g/mol. The Morgan fingerprint density at radius 3 is 2.64 bits per heavy atom. The van der Waals surface area contributed by atoms with Crippen molar-refractivity contribution in [2.45, 2.75) is 44.4 Å². The maximum Gasteiger partial charge on any atom is 0.251 e. The zero-order chi connectivity index (χ0) is 23.8. The van der Waals surface area contributed by atoms with Crippen LogP contribution in [0.4, 0.5) is 15.2 Å². The Hall–Kier alpha value is -2.85. The molecule has 0 spiro atoms. The molecule has 1 aromatic carbocycles. The van der Waals surface area contributed by atoms with Gasteiger partial charge in [0.25, 0.3) is 5.91 Å². The third kappa shape index (κ3) is 5.22. The van der Waals surface area contributed by atoms with Gasteiger partial charge in [0.15, 0.2) is 0 Å². The molecule has 1 amide bonds. The lowest BCUT2D eigenvalue weighted by Crippen LogP contribution is -2.34. The standard InChI is InChI=1S/C24H27FN4O3S/c1-23(2,32)14-6-7-16(18(25)10-14)19-11-17(21(26)31)22(33-19)29-20-5-3-4-15(28-20)12-27-24(13-30)8-9-24/h3-7,10-11,27,30,32H,8-9,12-13H2,1-2H3,(H2,26,31)(H,28,29). The molecule has 0 saturated heterocycles. The number of nitrogens with two attached hydrogens (primary N) is 1. The van der Waals surface area contributed by atoms with E-state index in [9.17, 15) is 19.4 Å². The Balaban J connectivity index is 1.58. The lowest BCUT2D eigenvalue weighted by atomic mass is 9.96. The molecule has 174 valence electrons. The van der Waals surface area contributed by atoms with E-state index in [2.05, 4.69) is 15.6 Å². The summed E-state index contributed by atoms with van der Waals surface area (Å²) >= 11 is 1.20. The quantitative estimate of drug-likeness (QED) is 0.326. The van der Waals surface area contributed by atoms with Crippen LogP contribution in [0.2, 0.25) is 0 Å². The summed E-state index contributed by atoms with van der Waals surface area (Å²) < 4.78 is 14.8.